The lowest BCUT2D eigenvalue weighted by Gasteiger charge is -2.29. The van der Waals surface area contributed by atoms with Gasteiger partial charge in [0.15, 0.2) is 5.03 Å². The van der Waals surface area contributed by atoms with Gasteiger partial charge in [-0.2, -0.15) is 0 Å². The summed E-state index contributed by atoms with van der Waals surface area (Å²) in [5.74, 6) is 0. The fraction of sp³-hybridized carbons (Fsp3) is 0.643. The summed E-state index contributed by atoms with van der Waals surface area (Å²) in [5.41, 5.74) is 6.30. The van der Waals surface area contributed by atoms with E-state index >= 15 is 0 Å². The molecule has 3 N–H and O–H groups in total. The van der Waals surface area contributed by atoms with Crippen LogP contribution in [0.1, 0.15) is 31.7 Å². The standard InChI is InChI=1S/C14H24N4O2S/c1-12(11-18-7-3-2-4-8-18)17-21(19,20)14-6-5-13(9-15)10-16-14/h5-6,10,12,17H,2-4,7-9,11,15H2,1H3. The second-order valence-electron chi connectivity index (χ2n) is 5.59. The third kappa shape index (κ3) is 4.74. The number of piperidine rings is 1. The van der Waals surface area contributed by atoms with E-state index in [1.54, 1.807) is 6.07 Å². The minimum Gasteiger partial charge on any atom is -0.326 e. The van der Waals surface area contributed by atoms with Crippen molar-refractivity contribution in [2.24, 2.45) is 5.73 Å². The van der Waals surface area contributed by atoms with E-state index in [0.717, 1.165) is 25.2 Å². The van der Waals surface area contributed by atoms with Gasteiger partial charge in [-0.3, -0.25) is 0 Å². The van der Waals surface area contributed by atoms with Crippen molar-refractivity contribution in [1.29, 1.82) is 0 Å². The van der Waals surface area contributed by atoms with E-state index in [1.807, 2.05) is 6.92 Å². The second-order valence-corrected chi connectivity index (χ2v) is 7.25. The van der Waals surface area contributed by atoms with Crippen LogP contribution >= 0.6 is 0 Å². The van der Waals surface area contributed by atoms with Crippen LogP contribution in [0.15, 0.2) is 23.4 Å². The van der Waals surface area contributed by atoms with E-state index in [-0.39, 0.29) is 11.1 Å². The summed E-state index contributed by atoms with van der Waals surface area (Å²) in [6.07, 6.45) is 5.17. The van der Waals surface area contributed by atoms with Crippen LogP contribution in [0.25, 0.3) is 0 Å². The first-order valence-corrected chi connectivity index (χ1v) is 8.89. The highest BCUT2D eigenvalue weighted by atomic mass is 32.2. The first-order chi connectivity index (χ1) is 10.0. The highest BCUT2D eigenvalue weighted by Crippen LogP contribution is 2.11. The molecule has 0 radical (unpaired) electrons. The highest BCUT2D eigenvalue weighted by molar-refractivity contribution is 7.89. The normalized spacial score (nSPS) is 18.6. The van der Waals surface area contributed by atoms with Gasteiger partial charge in [-0.15, -0.1) is 0 Å². The largest absolute Gasteiger partial charge is 0.326 e. The minimum atomic E-state index is -3.56. The Morgan fingerprint density at radius 2 is 2.05 bits per heavy atom. The molecule has 0 amide bonds. The topological polar surface area (TPSA) is 88.3 Å². The van der Waals surface area contributed by atoms with Crippen molar-refractivity contribution in [2.45, 2.75) is 43.8 Å². The van der Waals surface area contributed by atoms with Crippen molar-refractivity contribution in [3.05, 3.63) is 23.9 Å². The molecule has 1 aromatic heterocycles. The zero-order valence-electron chi connectivity index (χ0n) is 12.5. The molecule has 1 saturated heterocycles. The molecule has 1 aliphatic rings. The predicted molar refractivity (Wildman–Crippen MR) is 82.2 cm³/mol. The Bertz CT molecular complexity index is 539. The molecule has 0 aliphatic carbocycles. The SMILES string of the molecule is CC(CN1CCCCC1)NS(=O)(=O)c1ccc(CN)cn1. The Labute approximate surface area is 126 Å². The molecule has 118 valence electrons. The van der Waals surface area contributed by atoms with Crippen molar-refractivity contribution in [3.63, 3.8) is 0 Å². The molecule has 0 bridgehead atoms. The molecule has 6 nitrogen and oxygen atoms in total. The molecule has 1 fully saturated rings. The first-order valence-electron chi connectivity index (χ1n) is 7.41. The lowest BCUT2D eigenvalue weighted by Crippen LogP contribution is -2.43. The third-order valence-corrected chi connectivity index (χ3v) is 5.15. The molecule has 2 heterocycles. The summed E-state index contributed by atoms with van der Waals surface area (Å²) >= 11 is 0. The average Bonchev–Trinajstić information content (AvgIpc) is 2.47. The molecule has 0 saturated carbocycles. The fourth-order valence-electron chi connectivity index (χ4n) is 2.58. The van der Waals surface area contributed by atoms with E-state index in [0.29, 0.717) is 6.54 Å². The van der Waals surface area contributed by atoms with E-state index in [2.05, 4.69) is 14.6 Å². The van der Waals surface area contributed by atoms with Crippen LogP contribution < -0.4 is 10.5 Å². The number of sulfonamides is 1. The smallest absolute Gasteiger partial charge is 0.258 e. The summed E-state index contributed by atoms with van der Waals surface area (Å²) in [7, 11) is -3.56. The van der Waals surface area contributed by atoms with Crippen LogP contribution in [0.3, 0.4) is 0 Å². The van der Waals surface area contributed by atoms with Crippen LogP contribution in [-0.2, 0) is 16.6 Å². The molecule has 1 aliphatic heterocycles. The van der Waals surface area contributed by atoms with Crippen LogP contribution in [0.2, 0.25) is 0 Å². The van der Waals surface area contributed by atoms with Gasteiger partial charge in [0.2, 0.25) is 0 Å². The average molecular weight is 312 g/mol. The lowest BCUT2D eigenvalue weighted by atomic mass is 10.1. The van der Waals surface area contributed by atoms with E-state index < -0.39 is 10.0 Å². The molecule has 7 heteroatoms. The van der Waals surface area contributed by atoms with Crippen LogP contribution in [0, 0.1) is 0 Å². The van der Waals surface area contributed by atoms with Crippen LogP contribution in [0.5, 0.6) is 0 Å². The van der Waals surface area contributed by atoms with Crippen molar-refractivity contribution in [1.82, 2.24) is 14.6 Å². The summed E-state index contributed by atoms with van der Waals surface area (Å²) in [5, 5.41) is 0.0465. The van der Waals surface area contributed by atoms with Gasteiger partial charge in [0, 0.05) is 25.3 Å². The Morgan fingerprint density at radius 1 is 1.33 bits per heavy atom. The molecule has 1 aromatic rings. The van der Waals surface area contributed by atoms with Crippen LogP contribution in [0.4, 0.5) is 0 Å². The first kappa shape index (κ1) is 16.4. The molecular weight excluding hydrogens is 288 g/mol. The molecule has 0 aromatic carbocycles. The molecule has 1 atom stereocenters. The zero-order valence-corrected chi connectivity index (χ0v) is 13.3. The second kappa shape index (κ2) is 7.31. The Balaban J connectivity index is 1.95. The number of nitrogens with zero attached hydrogens (tertiary/aromatic N) is 2. The zero-order chi connectivity index (χ0) is 15.3. The van der Waals surface area contributed by atoms with Gasteiger partial charge in [0.05, 0.1) is 0 Å². The van der Waals surface area contributed by atoms with Crippen molar-refractivity contribution < 1.29 is 8.42 Å². The quantitative estimate of drug-likeness (QED) is 0.807. The summed E-state index contributed by atoms with van der Waals surface area (Å²) in [6.45, 7) is 5.08. The summed E-state index contributed by atoms with van der Waals surface area (Å²) in [4.78, 5) is 6.28. The highest BCUT2D eigenvalue weighted by Gasteiger charge is 2.21. The molecule has 1 unspecified atom stereocenters. The maximum absolute atomic E-state index is 12.3. The predicted octanol–water partition coefficient (Wildman–Crippen LogP) is 0.693. The monoisotopic (exact) mass is 312 g/mol. The summed E-state index contributed by atoms with van der Waals surface area (Å²) < 4.78 is 27.2. The molecule has 2 rings (SSSR count). The number of nitrogens with one attached hydrogen (secondary N) is 1. The number of hydrogen-bond donors (Lipinski definition) is 2. The van der Waals surface area contributed by atoms with E-state index in [9.17, 15) is 8.42 Å². The molecular formula is C14H24N4O2S. The number of nitrogens with two attached hydrogens (primary N) is 1. The maximum atomic E-state index is 12.3. The minimum absolute atomic E-state index is 0.0465. The van der Waals surface area contributed by atoms with Gasteiger partial charge < -0.3 is 10.6 Å². The van der Waals surface area contributed by atoms with Gasteiger partial charge in [-0.1, -0.05) is 12.5 Å². The summed E-state index contributed by atoms with van der Waals surface area (Å²) in [6, 6.07) is 3.05. The van der Waals surface area contributed by atoms with Gasteiger partial charge >= 0.3 is 0 Å². The van der Waals surface area contributed by atoms with Gasteiger partial charge in [-0.25, -0.2) is 18.1 Å². The van der Waals surface area contributed by atoms with E-state index in [1.165, 1.54) is 31.5 Å². The van der Waals surface area contributed by atoms with E-state index in [4.69, 9.17) is 5.73 Å². The third-order valence-electron chi connectivity index (χ3n) is 3.65. The van der Waals surface area contributed by atoms with Gasteiger partial charge in [-0.05, 0) is 44.5 Å². The van der Waals surface area contributed by atoms with Crippen LogP contribution in [-0.4, -0.2) is 44.0 Å². The number of aromatic nitrogens is 1. The van der Waals surface area contributed by atoms with Crippen molar-refractivity contribution in [3.8, 4) is 0 Å². The lowest BCUT2D eigenvalue weighted by molar-refractivity contribution is 0.215. The van der Waals surface area contributed by atoms with Crippen molar-refractivity contribution >= 4 is 10.0 Å². The fourth-order valence-corrected chi connectivity index (χ4v) is 3.75. The van der Waals surface area contributed by atoms with Gasteiger partial charge in [0.25, 0.3) is 10.0 Å². The number of likely N-dealkylation sites (tertiary alicyclic amines) is 1. The maximum Gasteiger partial charge on any atom is 0.258 e. The Kier molecular flexibility index (Phi) is 5.69. The van der Waals surface area contributed by atoms with Crippen molar-refractivity contribution in [2.75, 3.05) is 19.6 Å². The Morgan fingerprint density at radius 3 is 2.62 bits per heavy atom. The number of hydrogen-bond acceptors (Lipinski definition) is 5. The molecule has 0 spiro atoms. The Hall–Kier alpha value is -1.02. The number of pyridine rings is 1. The number of rotatable bonds is 6. The molecule has 21 heavy (non-hydrogen) atoms. The van der Waals surface area contributed by atoms with Gasteiger partial charge in [0.1, 0.15) is 0 Å².